The minimum absolute atomic E-state index is 0.0225. The van der Waals surface area contributed by atoms with E-state index in [0.29, 0.717) is 48.5 Å². The van der Waals surface area contributed by atoms with E-state index < -0.39 is 0 Å². The zero-order valence-corrected chi connectivity index (χ0v) is 21.8. The molecular weight excluding hydrogens is 494 g/mol. The first-order valence-corrected chi connectivity index (χ1v) is 14.0. The highest BCUT2D eigenvalue weighted by Gasteiger charge is 2.35. The van der Waals surface area contributed by atoms with Gasteiger partial charge in [0.1, 0.15) is 11.3 Å². The predicted molar refractivity (Wildman–Crippen MR) is 138 cm³/mol. The minimum Gasteiger partial charge on any atom is -0.453 e. The van der Waals surface area contributed by atoms with Gasteiger partial charge in [-0.3, -0.25) is 14.2 Å². The van der Waals surface area contributed by atoms with Crippen LogP contribution in [0.1, 0.15) is 65.4 Å². The summed E-state index contributed by atoms with van der Waals surface area (Å²) in [5, 5.41) is 18.8. The van der Waals surface area contributed by atoms with Crippen LogP contribution in [0.3, 0.4) is 0 Å². The number of aryl methyl sites for hydroxylation is 1. The van der Waals surface area contributed by atoms with Gasteiger partial charge in [-0.05, 0) is 62.8 Å². The Morgan fingerprint density at radius 3 is 2.76 bits per heavy atom. The number of methoxy groups -OCH3 is 1. The molecule has 2 aromatic rings. The number of fused-ring (bicyclic) bond motifs is 1. The van der Waals surface area contributed by atoms with Crippen LogP contribution in [0.2, 0.25) is 0 Å². The summed E-state index contributed by atoms with van der Waals surface area (Å²) in [6.07, 6.45) is 8.77. The van der Waals surface area contributed by atoms with Crippen molar-refractivity contribution in [3.63, 3.8) is 0 Å². The summed E-state index contributed by atoms with van der Waals surface area (Å²) in [4.78, 5) is 40.7. The third-order valence-electron chi connectivity index (χ3n) is 7.82. The summed E-state index contributed by atoms with van der Waals surface area (Å²) in [6.45, 7) is 1.87. The molecule has 1 aliphatic heterocycles. The molecule has 4 aliphatic rings. The number of nitrogens with one attached hydrogen (secondary N) is 3. The van der Waals surface area contributed by atoms with Gasteiger partial charge >= 0.3 is 6.09 Å². The quantitative estimate of drug-likeness (QED) is 0.481. The molecule has 1 saturated heterocycles. The molecule has 2 saturated carbocycles. The Bertz CT molecular complexity index is 1200. The molecule has 3 N–H and O–H groups in total. The van der Waals surface area contributed by atoms with Gasteiger partial charge < -0.3 is 25.6 Å². The van der Waals surface area contributed by atoms with Crippen LogP contribution in [-0.4, -0.2) is 70.4 Å². The zero-order chi connectivity index (χ0) is 25.5. The molecule has 0 unspecified atom stereocenters. The van der Waals surface area contributed by atoms with Crippen LogP contribution in [0.25, 0.3) is 0 Å². The number of anilines is 2. The number of carbonyl (C=O) groups excluding carboxylic acids is 3. The highest BCUT2D eigenvalue weighted by molar-refractivity contribution is 7.17. The standard InChI is InChI=1S/C25H33N7O4S/c1-36-25(35)31-9-8-16(12-31)28-24-30-27-13-32(24)17-6-7-19-18(10-17)20(22(34)26-11-14-2-3-14)23(37-19)29-21(33)15-4-5-15/h13-17H,2-12H2,1H3,(H,26,34)(H,28,30)(H,29,33)/t16-,17-/m0/s1. The average molecular weight is 528 g/mol. The molecule has 3 amide bonds. The van der Waals surface area contributed by atoms with Gasteiger partial charge in [-0.1, -0.05) is 0 Å². The van der Waals surface area contributed by atoms with Crippen LogP contribution >= 0.6 is 11.3 Å². The maximum absolute atomic E-state index is 13.4. The van der Waals surface area contributed by atoms with E-state index in [0.717, 1.165) is 50.5 Å². The summed E-state index contributed by atoms with van der Waals surface area (Å²) in [5.74, 6) is 1.25. The van der Waals surface area contributed by atoms with Crippen molar-refractivity contribution >= 4 is 40.2 Å². The number of thiophene rings is 1. The van der Waals surface area contributed by atoms with Crippen molar-refractivity contribution in [2.24, 2.45) is 11.8 Å². The summed E-state index contributed by atoms with van der Waals surface area (Å²) in [5.41, 5.74) is 1.66. The third-order valence-corrected chi connectivity index (χ3v) is 9.02. The Balaban J connectivity index is 1.20. The Kier molecular flexibility index (Phi) is 6.51. The van der Waals surface area contributed by atoms with Gasteiger partial charge in [0, 0.05) is 42.5 Å². The number of ether oxygens (including phenoxy) is 1. The molecule has 3 fully saturated rings. The molecule has 2 atom stereocenters. The lowest BCUT2D eigenvalue weighted by Gasteiger charge is -2.26. The number of hydrogen-bond acceptors (Lipinski definition) is 8. The molecule has 11 nitrogen and oxygen atoms in total. The third kappa shape index (κ3) is 5.16. The first-order valence-electron chi connectivity index (χ1n) is 13.2. The van der Waals surface area contributed by atoms with E-state index in [1.165, 1.54) is 12.0 Å². The Hall–Kier alpha value is -3.15. The molecular formula is C25H33N7O4S. The minimum atomic E-state index is -0.319. The molecule has 12 heteroatoms. The number of likely N-dealkylation sites (tertiary alicyclic amines) is 1. The van der Waals surface area contributed by atoms with Crippen LogP contribution in [0, 0.1) is 11.8 Å². The lowest BCUT2D eigenvalue weighted by molar-refractivity contribution is -0.117. The Morgan fingerprint density at radius 2 is 2.00 bits per heavy atom. The maximum atomic E-state index is 13.4. The van der Waals surface area contributed by atoms with Crippen LogP contribution < -0.4 is 16.0 Å². The normalized spacial score (nSPS) is 22.9. The first-order chi connectivity index (χ1) is 18.0. The Labute approximate surface area is 219 Å². The smallest absolute Gasteiger partial charge is 0.409 e. The van der Waals surface area contributed by atoms with Crippen LogP contribution in [0.15, 0.2) is 6.33 Å². The van der Waals surface area contributed by atoms with E-state index in [1.807, 2.05) is 0 Å². The fraction of sp³-hybridized carbons (Fsp3) is 0.640. The zero-order valence-electron chi connectivity index (χ0n) is 21.0. The largest absolute Gasteiger partial charge is 0.453 e. The summed E-state index contributed by atoms with van der Waals surface area (Å²) < 4.78 is 6.90. The number of carbonyl (C=O) groups is 3. The van der Waals surface area contributed by atoms with E-state index in [2.05, 4.69) is 30.7 Å². The fourth-order valence-corrected chi connectivity index (χ4v) is 6.55. The van der Waals surface area contributed by atoms with Crippen molar-refractivity contribution in [3.8, 4) is 0 Å². The van der Waals surface area contributed by atoms with Crippen molar-refractivity contribution < 1.29 is 19.1 Å². The SMILES string of the molecule is COC(=O)N1CC[C@H](Nc2nncn2[C@H]2CCc3sc(NC(=O)C4CC4)c(C(=O)NCC4CC4)c3C2)C1. The average Bonchev–Trinajstić information content (AvgIpc) is 3.80. The van der Waals surface area contributed by atoms with E-state index in [-0.39, 0.29) is 35.9 Å². The van der Waals surface area contributed by atoms with Crippen molar-refractivity contribution in [3.05, 3.63) is 22.3 Å². The molecule has 0 spiro atoms. The monoisotopic (exact) mass is 527 g/mol. The van der Waals surface area contributed by atoms with Crippen LogP contribution in [-0.2, 0) is 22.4 Å². The maximum Gasteiger partial charge on any atom is 0.409 e. The first kappa shape index (κ1) is 24.2. The van der Waals surface area contributed by atoms with Crippen molar-refractivity contribution in [1.82, 2.24) is 25.0 Å². The lowest BCUT2D eigenvalue weighted by atomic mass is 9.91. The number of hydrogen-bond donors (Lipinski definition) is 3. The van der Waals surface area contributed by atoms with E-state index in [4.69, 9.17) is 4.74 Å². The van der Waals surface area contributed by atoms with Crippen molar-refractivity contribution in [2.45, 2.75) is 63.5 Å². The highest BCUT2D eigenvalue weighted by Crippen LogP contribution is 2.42. The second kappa shape index (κ2) is 9.96. The van der Waals surface area contributed by atoms with Crippen molar-refractivity contribution in [2.75, 3.05) is 37.4 Å². The predicted octanol–water partition coefficient (Wildman–Crippen LogP) is 2.81. The van der Waals surface area contributed by atoms with E-state index in [9.17, 15) is 14.4 Å². The van der Waals surface area contributed by atoms with Gasteiger partial charge in [0.2, 0.25) is 11.9 Å². The Morgan fingerprint density at radius 1 is 1.16 bits per heavy atom. The van der Waals surface area contributed by atoms with Crippen LogP contribution in [0.4, 0.5) is 15.7 Å². The molecule has 3 aliphatic carbocycles. The lowest BCUT2D eigenvalue weighted by Crippen LogP contribution is -2.32. The number of nitrogens with zero attached hydrogens (tertiary/aromatic N) is 4. The second-order valence-corrected chi connectivity index (χ2v) is 11.7. The topological polar surface area (TPSA) is 130 Å². The molecule has 0 radical (unpaired) electrons. The molecule has 2 aromatic heterocycles. The molecule has 37 heavy (non-hydrogen) atoms. The summed E-state index contributed by atoms with van der Waals surface area (Å²) in [7, 11) is 1.39. The summed E-state index contributed by atoms with van der Waals surface area (Å²) in [6, 6.07) is 0.148. The van der Waals surface area contributed by atoms with Gasteiger partial charge in [0.05, 0.1) is 12.7 Å². The van der Waals surface area contributed by atoms with Gasteiger partial charge in [-0.15, -0.1) is 21.5 Å². The number of aromatic nitrogens is 3. The summed E-state index contributed by atoms with van der Waals surface area (Å²) >= 11 is 1.55. The van der Waals surface area contributed by atoms with E-state index >= 15 is 0 Å². The van der Waals surface area contributed by atoms with Gasteiger partial charge in [-0.2, -0.15) is 0 Å². The highest BCUT2D eigenvalue weighted by atomic mass is 32.1. The van der Waals surface area contributed by atoms with E-state index in [1.54, 1.807) is 22.6 Å². The fourth-order valence-electron chi connectivity index (χ4n) is 5.31. The van der Waals surface area contributed by atoms with Gasteiger partial charge in [0.15, 0.2) is 0 Å². The van der Waals surface area contributed by atoms with Gasteiger partial charge in [0.25, 0.3) is 5.91 Å². The van der Waals surface area contributed by atoms with Gasteiger partial charge in [-0.25, -0.2) is 4.79 Å². The molecule has 0 bridgehead atoms. The van der Waals surface area contributed by atoms with Crippen molar-refractivity contribution in [1.29, 1.82) is 0 Å². The molecule has 3 heterocycles. The number of rotatable bonds is 8. The molecule has 6 rings (SSSR count). The number of amides is 3. The van der Waals surface area contributed by atoms with Crippen LogP contribution in [0.5, 0.6) is 0 Å². The second-order valence-electron chi connectivity index (χ2n) is 10.6. The molecule has 198 valence electrons. The molecule has 0 aromatic carbocycles.